The van der Waals surface area contributed by atoms with Crippen LogP contribution in [-0.2, 0) is 6.42 Å². The molecule has 2 heterocycles. The quantitative estimate of drug-likeness (QED) is 0.869. The monoisotopic (exact) mass is 313 g/mol. The lowest BCUT2D eigenvalue weighted by Crippen LogP contribution is -2.45. The van der Waals surface area contributed by atoms with Crippen molar-refractivity contribution in [2.45, 2.75) is 39.2 Å². The fourth-order valence-corrected chi connectivity index (χ4v) is 4.11. The van der Waals surface area contributed by atoms with Crippen LogP contribution in [0.1, 0.15) is 30.5 Å². The van der Waals surface area contributed by atoms with E-state index in [2.05, 4.69) is 22.6 Å². The van der Waals surface area contributed by atoms with Gasteiger partial charge >= 0.3 is 6.03 Å². The summed E-state index contributed by atoms with van der Waals surface area (Å²) < 4.78 is 0. The van der Waals surface area contributed by atoms with Crippen molar-refractivity contribution >= 4 is 29.1 Å². The van der Waals surface area contributed by atoms with Crippen molar-refractivity contribution in [3.63, 3.8) is 0 Å². The predicted molar refractivity (Wildman–Crippen MR) is 86.7 cm³/mol. The van der Waals surface area contributed by atoms with Crippen LogP contribution >= 0.6 is 23.1 Å². The fraction of sp³-hybridized carbons (Fsp3) is 0.714. The number of amides is 2. The first-order valence-electron chi connectivity index (χ1n) is 7.20. The average Bonchev–Trinajstić information content (AvgIpc) is 2.71. The van der Waals surface area contributed by atoms with Crippen molar-refractivity contribution in [1.29, 1.82) is 0 Å². The van der Waals surface area contributed by atoms with E-state index >= 15 is 0 Å². The standard InChI is InChI=1S/C14H23N3OS2/c1-11-10-20-13(16-11)4-3-6-15-14(18)17-7-9-19-8-5-12(17)2/h10,12H,3-9H2,1-2H3,(H,15,18)/t12-/m0/s1. The van der Waals surface area contributed by atoms with E-state index in [1.54, 1.807) is 11.3 Å². The largest absolute Gasteiger partial charge is 0.338 e. The molecule has 4 nitrogen and oxygen atoms in total. The highest BCUT2D eigenvalue weighted by molar-refractivity contribution is 7.99. The summed E-state index contributed by atoms with van der Waals surface area (Å²) in [6.45, 7) is 5.75. The Morgan fingerprint density at radius 2 is 2.40 bits per heavy atom. The van der Waals surface area contributed by atoms with Gasteiger partial charge in [-0.3, -0.25) is 0 Å². The van der Waals surface area contributed by atoms with E-state index in [0.29, 0.717) is 6.04 Å². The third kappa shape index (κ3) is 4.66. The minimum Gasteiger partial charge on any atom is -0.338 e. The summed E-state index contributed by atoms with van der Waals surface area (Å²) >= 11 is 3.64. The Balaban J connectivity index is 1.68. The second-order valence-corrected chi connectivity index (χ2v) is 7.33. The number of hydrogen-bond donors (Lipinski definition) is 1. The number of rotatable bonds is 4. The van der Waals surface area contributed by atoms with Crippen LogP contribution in [0, 0.1) is 6.92 Å². The Morgan fingerprint density at radius 1 is 1.55 bits per heavy atom. The highest BCUT2D eigenvalue weighted by atomic mass is 32.2. The first-order chi connectivity index (χ1) is 9.66. The van der Waals surface area contributed by atoms with Gasteiger partial charge in [-0.1, -0.05) is 0 Å². The van der Waals surface area contributed by atoms with Crippen LogP contribution in [0.25, 0.3) is 0 Å². The molecule has 0 unspecified atom stereocenters. The van der Waals surface area contributed by atoms with Crippen LogP contribution in [0.15, 0.2) is 5.38 Å². The van der Waals surface area contributed by atoms with Crippen LogP contribution in [-0.4, -0.2) is 46.6 Å². The van der Waals surface area contributed by atoms with Crippen molar-refractivity contribution in [3.05, 3.63) is 16.1 Å². The number of urea groups is 1. The number of carbonyl (C=O) groups is 1. The predicted octanol–water partition coefficient (Wildman–Crippen LogP) is 2.92. The SMILES string of the molecule is Cc1csc(CCCNC(=O)N2CCSCC[C@@H]2C)n1. The summed E-state index contributed by atoms with van der Waals surface area (Å²) in [5.41, 5.74) is 1.09. The molecule has 1 aromatic heterocycles. The number of nitrogens with one attached hydrogen (secondary N) is 1. The molecule has 1 N–H and O–H groups in total. The Hall–Kier alpha value is -0.750. The van der Waals surface area contributed by atoms with Gasteiger partial charge in [-0.15, -0.1) is 11.3 Å². The zero-order valence-electron chi connectivity index (χ0n) is 12.2. The van der Waals surface area contributed by atoms with Crippen molar-refractivity contribution < 1.29 is 4.79 Å². The number of aromatic nitrogens is 1. The van der Waals surface area contributed by atoms with Crippen LogP contribution in [0.3, 0.4) is 0 Å². The lowest BCUT2D eigenvalue weighted by Gasteiger charge is -2.27. The van der Waals surface area contributed by atoms with Crippen LogP contribution in [0.4, 0.5) is 4.79 Å². The van der Waals surface area contributed by atoms with Crippen molar-refractivity contribution in [1.82, 2.24) is 15.2 Å². The van der Waals surface area contributed by atoms with Crippen molar-refractivity contribution in [3.8, 4) is 0 Å². The molecule has 112 valence electrons. The lowest BCUT2D eigenvalue weighted by atomic mass is 10.2. The summed E-state index contributed by atoms with van der Waals surface area (Å²) in [5.74, 6) is 2.21. The molecule has 1 aliphatic heterocycles. The van der Waals surface area contributed by atoms with Gasteiger partial charge in [0.05, 0.1) is 5.01 Å². The summed E-state index contributed by atoms with van der Waals surface area (Å²) in [6.07, 6.45) is 3.00. The van der Waals surface area contributed by atoms with Crippen LogP contribution < -0.4 is 5.32 Å². The van der Waals surface area contributed by atoms with Gasteiger partial charge in [0.1, 0.15) is 0 Å². The summed E-state index contributed by atoms with van der Waals surface area (Å²) in [6, 6.07) is 0.446. The second-order valence-electron chi connectivity index (χ2n) is 5.16. The molecule has 1 aromatic rings. The number of thiazole rings is 1. The molecule has 20 heavy (non-hydrogen) atoms. The van der Waals surface area contributed by atoms with Gasteiger partial charge in [-0.2, -0.15) is 11.8 Å². The molecule has 0 spiro atoms. The Bertz CT molecular complexity index is 436. The van der Waals surface area contributed by atoms with Gasteiger partial charge in [0.2, 0.25) is 0 Å². The topological polar surface area (TPSA) is 45.2 Å². The molecule has 1 aliphatic rings. The Morgan fingerprint density at radius 3 is 3.15 bits per heavy atom. The Labute approximate surface area is 129 Å². The molecule has 6 heteroatoms. The zero-order valence-corrected chi connectivity index (χ0v) is 13.9. The Kier molecular flexibility index (Phi) is 6.16. The summed E-state index contributed by atoms with van der Waals surface area (Å²) in [7, 11) is 0. The number of carbonyl (C=O) groups excluding carboxylic acids is 1. The maximum absolute atomic E-state index is 12.2. The van der Waals surface area contributed by atoms with Gasteiger partial charge in [0.15, 0.2) is 0 Å². The van der Waals surface area contributed by atoms with Gasteiger partial charge in [-0.25, -0.2) is 9.78 Å². The van der Waals surface area contributed by atoms with E-state index in [1.165, 1.54) is 0 Å². The van der Waals surface area contributed by atoms with E-state index in [0.717, 1.165) is 54.6 Å². The van der Waals surface area contributed by atoms with Crippen molar-refractivity contribution in [2.75, 3.05) is 24.6 Å². The van der Waals surface area contributed by atoms with E-state index in [1.807, 2.05) is 23.6 Å². The molecular weight excluding hydrogens is 290 g/mol. The van der Waals surface area contributed by atoms with E-state index in [-0.39, 0.29) is 6.03 Å². The van der Waals surface area contributed by atoms with Crippen LogP contribution in [0.5, 0.6) is 0 Å². The van der Waals surface area contributed by atoms with Gasteiger partial charge in [0, 0.05) is 42.4 Å². The first kappa shape index (κ1) is 15.6. The molecule has 1 atom stereocenters. The minimum absolute atomic E-state index is 0.0929. The second kappa shape index (κ2) is 7.88. The molecule has 0 aromatic carbocycles. The highest BCUT2D eigenvalue weighted by Gasteiger charge is 2.21. The van der Waals surface area contributed by atoms with Crippen LogP contribution in [0.2, 0.25) is 0 Å². The lowest BCUT2D eigenvalue weighted by molar-refractivity contribution is 0.183. The summed E-state index contributed by atoms with van der Waals surface area (Å²) in [5, 5.41) is 6.28. The molecule has 1 fully saturated rings. The molecule has 2 rings (SSSR count). The third-order valence-electron chi connectivity index (χ3n) is 3.46. The number of aryl methyl sites for hydroxylation is 2. The van der Waals surface area contributed by atoms with E-state index in [4.69, 9.17) is 0 Å². The maximum Gasteiger partial charge on any atom is 0.317 e. The zero-order chi connectivity index (χ0) is 14.4. The fourth-order valence-electron chi connectivity index (χ4n) is 2.25. The van der Waals surface area contributed by atoms with Gasteiger partial charge < -0.3 is 10.2 Å². The number of nitrogens with zero attached hydrogens (tertiary/aromatic N) is 2. The molecule has 2 amide bonds. The average molecular weight is 313 g/mol. The molecule has 1 saturated heterocycles. The van der Waals surface area contributed by atoms with E-state index in [9.17, 15) is 4.79 Å². The molecule has 0 radical (unpaired) electrons. The van der Waals surface area contributed by atoms with Crippen molar-refractivity contribution in [2.24, 2.45) is 0 Å². The molecule has 0 aliphatic carbocycles. The molecule has 0 bridgehead atoms. The van der Waals surface area contributed by atoms with Gasteiger partial charge in [0.25, 0.3) is 0 Å². The maximum atomic E-state index is 12.2. The van der Waals surface area contributed by atoms with Gasteiger partial charge in [-0.05, 0) is 32.4 Å². The summed E-state index contributed by atoms with van der Waals surface area (Å²) in [4.78, 5) is 18.6. The third-order valence-corrected chi connectivity index (χ3v) is 5.48. The minimum atomic E-state index is 0.0929. The molecular formula is C14H23N3OS2. The van der Waals surface area contributed by atoms with E-state index < -0.39 is 0 Å². The molecule has 0 saturated carbocycles. The highest BCUT2D eigenvalue weighted by Crippen LogP contribution is 2.16. The first-order valence-corrected chi connectivity index (χ1v) is 9.23. The normalized spacial score (nSPS) is 19.7. The number of thioether (sulfide) groups is 1. The number of hydrogen-bond acceptors (Lipinski definition) is 4. The smallest absolute Gasteiger partial charge is 0.317 e.